The number of imidazole rings is 1. The summed E-state index contributed by atoms with van der Waals surface area (Å²) in [5, 5.41) is 0. The fraction of sp³-hybridized carbons (Fsp3) is 0.294. The van der Waals surface area contributed by atoms with E-state index in [1.165, 1.54) is 11.1 Å². The lowest BCUT2D eigenvalue weighted by Gasteiger charge is -2.11. The Kier molecular flexibility index (Phi) is 3.26. The van der Waals surface area contributed by atoms with E-state index in [-0.39, 0.29) is 0 Å². The SMILES string of the molecule is CC(C)c1cn2ccc(C(C)c3cccnc3)cc2n1. The number of rotatable bonds is 3. The third kappa shape index (κ3) is 2.31. The Hall–Kier alpha value is -2.16. The van der Waals surface area contributed by atoms with Crippen molar-refractivity contribution in [3.8, 4) is 0 Å². The molecular formula is C17H19N3. The van der Waals surface area contributed by atoms with Gasteiger partial charge in [0.25, 0.3) is 0 Å². The standard InChI is InChI=1S/C17H19N3/c1-12(2)16-11-20-8-6-14(9-17(20)19-16)13(3)15-5-4-7-18-10-15/h4-13H,1-3H3. The molecule has 3 aromatic heterocycles. The Morgan fingerprint density at radius 3 is 2.65 bits per heavy atom. The molecule has 0 aliphatic heterocycles. The number of pyridine rings is 2. The van der Waals surface area contributed by atoms with Crippen molar-refractivity contribution in [2.45, 2.75) is 32.6 Å². The summed E-state index contributed by atoms with van der Waals surface area (Å²) in [6, 6.07) is 8.43. The molecule has 0 spiro atoms. The van der Waals surface area contributed by atoms with E-state index in [1.807, 2.05) is 18.5 Å². The molecule has 20 heavy (non-hydrogen) atoms. The molecule has 0 radical (unpaired) electrons. The van der Waals surface area contributed by atoms with Gasteiger partial charge in [0, 0.05) is 30.7 Å². The third-order valence-corrected chi connectivity index (χ3v) is 3.78. The van der Waals surface area contributed by atoms with Crippen LogP contribution in [0.4, 0.5) is 0 Å². The first-order valence-corrected chi connectivity index (χ1v) is 7.03. The zero-order valence-electron chi connectivity index (χ0n) is 12.1. The Balaban J connectivity index is 2.00. The summed E-state index contributed by atoms with van der Waals surface area (Å²) in [7, 11) is 0. The van der Waals surface area contributed by atoms with E-state index in [1.54, 1.807) is 0 Å². The predicted molar refractivity (Wildman–Crippen MR) is 81.0 cm³/mol. The first-order valence-electron chi connectivity index (χ1n) is 7.03. The Labute approximate surface area is 119 Å². The van der Waals surface area contributed by atoms with Crippen molar-refractivity contribution in [2.75, 3.05) is 0 Å². The van der Waals surface area contributed by atoms with Gasteiger partial charge in [-0.25, -0.2) is 4.98 Å². The van der Waals surface area contributed by atoms with Crippen molar-refractivity contribution in [3.05, 3.63) is 65.9 Å². The van der Waals surface area contributed by atoms with Crippen LogP contribution in [-0.4, -0.2) is 14.4 Å². The van der Waals surface area contributed by atoms with Crippen LogP contribution >= 0.6 is 0 Å². The molecule has 0 aliphatic rings. The molecule has 0 amide bonds. The molecule has 0 fully saturated rings. The number of hydrogen-bond donors (Lipinski definition) is 0. The predicted octanol–water partition coefficient (Wildman–Crippen LogP) is 4.00. The number of aromatic nitrogens is 3. The van der Waals surface area contributed by atoms with Crippen molar-refractivity contribution >= 4 is 5.65 Å². The smallest absolute Gasteiger partial charge is 0.137 e. The van der Waals surface area contributed by atoms with E-state index >= 15 is 0 Å². The fourth-order valence-electron chi connectivity index (χ4n) is 2.39. The van der Waals surface area contributed by atoms with E-state index in [0.29, 0.717) is 11.8 Å². The van der Waals surface area contributed by atoms with Crippen LogP contribution in [-0.2, 0) is 0 Å². The van der Waals surface area contributed by atoms with Crippen molar-refractivity contribution in [1.82, 2.24) is 14.4 Å². The lowest BCUT2D eigenvalue weighted by molar-refractivity contribution is 0.834. The average Bonchev–Trinajstić information content (AvgIpc) is 2.90. The lowest BCUT2D eigenvalue weighted by atomic mass is 9.95. The summed E-state index contributed by atoms with van der Waals surface area (Å²) < 4.78 is 2.09. The van der Waals surface area contributed by atoms with Crippen LogP contribution in [0.5, 0.6) is 0 Å². The molecule has 102 valence electrons. The summed E-state index contributed by atoms with van der Waals surface area (Å²) in [4.78, 5) is 8.90. The van der Waals surface area contributed by atoms with Crippen molar-refractivity contribution in [1.29, 1.82) is 0 Å². The molecule has 1 unspecified atom stereocenters. The van der Waals surface area contributed by atoms with E-state index in [2.05, 4.69) is 60.7 Å². The van der Waals surface area contributed by atoms with Gasteiger partial charge in [-0.15, -0.1) is 0 Å². The maximum atomic E-state index is 4.70. The topological polar surface area (TPSA) is 30.2 Å². The third-order valence-electron chi connectivity index (χ3n) is 3.78. The number of hydrogen-bond acceptors (Lipinski definition) is 2. The van der Waals surface area contributed by atoms with Crippen LogP contribution in [0.3, 0.4) is 0 Å². The summed E-state index contributed by atoms with van der Waals surface area (Å²) in [6.45, 7) is 6.54. The Morgan fingerprint density at radius 2 is 1.95 bits per heavy atom. The van der Waals surface area contributed by atoms with E-state index < -0.39 is 0 Å². The maximum absolute atomic E-state index is 4.70. The molecule has 0 saturated carbocycles. The van der Waals surface area contributed by atoms with Gasteiger partial charge in [-0.1, -0.05) is 26.8 Å². The van der Waals surface area contributed by atoms with Crippen LogP contribution < -0.4 is 0 Å². The van der Waals surface area contributed by atoms with Gasteiger partial charge in [0.2, 0.25) is 0 Å². The average molecular weight is 265 g/mol. The molecule has 3 aromatic rings. The molecule has 0 N–H and O–H groups in total. The molecule has 0 aromatic carbocycles. The summed E-state index contributed by atoms with van der Waals surface area (Å²) >= 11 is 0. The second kappa shape index (κ2) is 5.08. The second-order valence-corrected chi connectivity index (χ2v) is 5.55. The maximum Gasteiger partial charge on any atom is 0.137 e. The zero-order valence-corrected chi connectivity index (χ0v) is 12.1. The van der Waals surface area contributed by atoms with Gasteiger partial charge in [-0.3, -0.25) is 4.98 Å². The number of fused-ring (bicyclic) bond motifs is 1. The highest BCUT2D eigenvalue weighted by molar-refractivity contribution is 5.46. The van der Waals surface area contributed by atoms with Crippen LogP contribution in [0, 0.1) is 0 Å². The molecule has 3 rings (SSSR count). The zero-order chi connectivity index (χ0) is 14.1. The van der Waals surface area contributed by atoms with E-state index in [9.17, 15) is 0 Å². The molecular weight excluding hydrogens is 246 g/mol. The fourth-order valence-corrected chi connectivity index (χ4v) is 2.39. The van der Waals surface area contributed by atoms with Gasteiger partial charge in [-0.05, 0) is 35.2 Å². The summed E-state index contributed by atoms with van der Waals surface area (Å²) in [6.07, 6.45) is 7.94. The minimum atomic E-state index is 0.327. The Morgan fingerprint density at radius 1 is 1.10 bits per heavy atom. The van der Waals surface area contributed by atoms with Gasteiger partial charge >= 0.3 is 0 Å². The molecule has 3 heteroatoms. The van der Waals surface area contributed by atoms with Crippen molar-refractivity contribution in [3.63, 3.8) is 0 Å². The summed E-state index contributed by atoms with van der Waals surface area (Å²) in [5.41, 5.74) is 4.65. The number of nitrogens with zero attached hydrogens (tertiary/aromatic N) is 3. The highest BCUT2D eigenvalue weighted by Gasteiger charge is 2.11. The molecule has 0 bridgehead atoms. The van der Waals surface area contributed by atoms with Gasteiger partial charge in [0.15, 0.2) is 0 Å². The quantitative estimate of drug-likeness (QED) is 0.716. The van der Waals surface area contributed by atoms with E-state index in [0.717, 1.165) is 11.3 Å². The highest BCUT2D eigenvalue weighted by Crippen LogP contribution is 2.24. The largest absolute Gasteiger partial charge is 0.307 e. The molecule has 3 nitrogen and oxygen atoms in total. The van der Waals surface area contributed by atoms with Gasteiger partial charge in [0.05, 0.1) is 5.69 Å². The minimum absolute atomic E-state index is 0.327. The van der Waals surface area contributed by atoms with Gasteiger partial charge in [-0.2, -0.15) is 0 Å². The second-order valence-electron chi connectivity index (χ2n) is 5.55. The van der Waals surface area contributed by atoms with Crippen LogP contribution in [0.1, 0.15) is 49.4 Å². The minimum Gasteiger partial charge on any atom is -0.307 e. The van der Waals surface area contributed by atoms with Crippen molar-refractivity contribution in [2.24, 2.45) is 0 Å². The first-order chi connectivity index (χ1) is 9.65. The first kappa shape index (κ1) is 12.9. The van der Waals surface area contributed by atoms with E-state index in [4.69, 9.17) is 4.98 Å². The normalized spacial score (nSPS) is 13.0. The molecule has 3 heterocycles. The van der Waals surface area contributed by atoms with Crippen LogP contribution in [0.2, 0.25) is 0 Å². The monoisotopic (exact) mass is 265 g/mol. The van der Waals surface area contributed by atoms with Crippen LogP contribution in [0.15, 0.2) is 49.1 Å². The Bertz CT molecular complexity index is 713. The highest BCUT2D eigenvalue weighted by atomic mass is 15.0. The molecule has 1 atom stereocenters. The van der Waals surface area contributed by atoms with Crippen molar-refractivity contribution < 1.29 is 0 Å². The lowest BCUT2D eigenvalue weighted by Crippen LogP contribution is -1.97. The van der Waals surface area contributed by atoms with Gasteiger partial charge in [0.1, 0.15) is 5.65 Å². The van der Waals surface area contributed by atoms with Crippen LogP contribution in [0.25, 0.3) is 5.65 Å². The van der Waals surface area contributed by atoms with Gasteiger partial charge < -0.3 is 4.40 Å². The molecule has 0 aliphatic carbocycles. The molecule has 0 saturated heterocycles. The summed E-state index contributed by atoms with van der Waals surface area (Å²) in [5.74, 6) is 0.780.